The van der Waals surface area contributed by atoms with Crippen molar-refractivity contribution in [3.05, 3.63) is 83.9 Å². The molecule has 0 N–H and O–H groups in total. The first-order valence-electron chi connectivity index (χ1n) is 8.02. The summed E-state index contributed by atoms with van der Waals surface area (Å²) in [7, 11) is 0. The highest BCUT2D eigenvalue weighted by molar-refractivity contribution is 5.82. The van der Waals surface area contributed by atoms with Crippen LogP contribution in [-0.4, -0.2) is 12.2 Å². The Morgan fingerprint density at radius 1 is 0.783 bits per heavy atom. The van der Waals surface area contributed by atoms with Crippen molar-refractivity contribution in [2.45, 2.75) is 31.8 Å². The molecular weight excluding hydrogens is 284 g/mol. The van der Waals surface area contributed by atoms with Gasteiger partial charge < -0.3 is 9.47 Å². The molecule has 0 saturated carbocycles. The maximum Gasteiger partial charge on any atom is 0.223 e. The monoisotopic (exact) mass is 303 g/mol. The van der Waals surface area contributed by atoms with Crippen molar-refractivity contribution in [1.29, 1.82) is 0 Å². The molecule has 1 aliphatic heterocycles. The molecule has 0 aliphatic carbocycles. The van der Waals surface area contributed by atoms with Crippen LogP contribution in [0.4, 0.5) is 0 Å². The maximum atomic E-state index is 6.33. The molecule has 0 aromatic heterocycles. The normalized spacial score (nSPS) is 27.4. The zero-order chi connectivity index (χ0) is 15.9. The van der Waals surface area contributed by atoms with Gasteiger partial charge in [0.15, 0.2) is 0 Å². The summed E-state index contributed by atoms with van der Waals surface area (Å²) in [5.74, 6) is -0.885. The summed E-state index contributed by atoms with van der Waals surface area (Å²) >= 11 is 0. The van der Waals surface area contributed by atoms with E-state index in [9.17, 15) is 0 Å². The van der Waals surface area contributed by atoms with Crippen LogP contribution in [0.15, 0.2) is 66.7 Å². The Hall–Kier alpha value is -2.16. The van der Waals surface area contributed by atoms with E-state index >= 15 is 0 Å². The number of hydrogen-bond acceptors (Lipinski definition) is 2. The lowest BCUT2D eigenvalue weighted by Crippen LogP contribution is -2.29. The van der Waals surface area contributed by atoms with E-state index in [4.69, 9.17) is 9.47 Å². The van der Waals surface area contributed by atoms with Crippen LogP contribution >= 0.6 is 0 Å². The fourth-order valence-corrected chi connectivity index (χ4v) is 3.13. The number of ether oxygens (including phenoxy) is 2. The molecule has 4 rings (SSSR count). The highest BCUT2D eigenvalue weighted by Crippen LogP contribution is 2.43. The number of hydrogen-bond donors (Lipinski definition) is 0. The number of fused-ring (bicyclic) bond motifs is 1. The van der Waals surface area contributed by atoms with Gasteiger partial charge in [-0.1, -0.05) is 66.7 Å². The first-order chi connectivity index (χ1) is 11.2. The zero-order valence-electron chi connectivity index (χ0n) is 13.3. The standard InChI is InChI=1S/C21H19O2/c1-15-16(2)23-21(22-15,19-10-4-3-5-11-19)20-13-12-17-8-6-7-9-18(17)14-20/h3-13,15-16H,1-2H3. The molecule has 0 spiro atoms. The van der Waals surface area contributed by atoms with Crippen molar-refractivity contribution in [3.8, 4) is 0 Å². The Labute approximate surface area is 136 Å². The summed E-state index contributed by atoms with van der Waals surface area (Å²) in [6, 6.07) is 26.0. The van der Waals surface area contributed by atoms with E-state index in [-0.39, 0.29) is 12.2 Å². The quantitative estimate of drug-likeness (QED) is 0.685. The molecule has 1 saturated heterocycles. The van der Waals surface area contributed by atoms with Crippen molar-refractivity contribution in [1.82, 2.24) is 0 Å². The summed E-state index contributed by atoms with van der Waals surface area (Å²) in [6.45, 7) is 4.10. The second-order valence-electron chi connectivity index (χ2n) is 6.09. The molecule has 1 heterocycles. The zero-order valence-corrected chi connectivity index (χ0v) is 13.3. The summed E-state index contributed by atoms with van der Waals surface area (Å²) < 4.78 is 12.7. The van der Waals surface area contributed by atoms with Crippen molar-refractivity contribution in [2.24, 2.45) is 0 Å². The van der Waals surface area contributed by atoms with Crippen LogP contribution < -0.4 is 0 Å². The number of rotatable bonds is 2. The molecule has 0 bridgehead atoms. The first-order valence-corrected chi connectivity index (χ1v) is 8.02. The van der Waals surface area contributed by atoms with Crippen LogP contribution in [0.2, 0.25) is 0 Å². The van der Waals surface area contributed by atoms with Crippen molar-refractivity contribution in [2.75, 3.05) is 0 Å². The van der Waals surface area contributed by atoms with Crippen LogP contribution in [0.1, 0.15) is 25.0 Å². The van der Waals surface area contributed by atoms with Gasteiger partial charge in [-0.3, -0.25) is 0 Å². The Morgan fingerprint density at radius 3 is 2.17 bits per heavy atom. The summed E-state index contributed by atoms with van der Waals surface area (Å²) in [5.41, 5.74) is 1.92. The lowest BCUT2D eigenvalue weighted by molar-refractivity contribution is -0.147. The SMILES string of the molecule is CC1OC(c2[c]c3ccccc3cc2)(c2ccccc2)OC1C. The molecule has 1 aliphatic rings. The molecule has 0 amide bonds. The third-order valence-electron chi connectivity index (χ3n) is 4.53. The maximum absolute atomic E-state index is 6.33. The van der Waals surface area contributed by atoms with Gasteiger partial charge >= 0.3 is 0 Å². The van der Waals surface area contributed by atoms with E-state index in [1.54, 1.807) is 0 Å². The van der Waals surface area contributed by atoms with Gasteiger partial charge in [0.1, 0.15) is 0 Å². The van der Waals surface area contributed by atoms with Gasteiger partial charge in [0.05, 0.1) is 12.2 Å². The smallest absolute Gasteiger partial charge is 0.223 e. The fraction of sp³-hybridized carbons (Fsp3) is 0.238. The van der Waals surface area contributed by atoms with Crippen LogP contribution in [-0.2, 0) is 15.3 Å². The lowest BCUT2D eigenvalue weighted by atomic mass is 9.95. The van der Waals surface area contributed by atoms with Crippen molar-refractivity contribution in [3.63, 3.8) is 0 Å². The highest BCUT2D eigenvalue weighted by Gasteiger charge is 2.47. The molecule has 3 aromatic carbocycles. The Kier molecular flexibility index (Phi) is 3.44. The van der Waals surface area contributed by atoms with Crippen LogP contribution in [0, 0.1) is 6.07 Å². The third-order valence-corrected chi connectivity index (χ3v) is 4.53. The molecule has 1 radical (unpaired) electrons. The van der Waals surface area contributed by atoms with Crippen molar-refractivity contribution >= 4 is 10.8 Å². The molecular formula is C21H19O2. The molecule has 2 nitrogen and oxygen atoms in total. The molecule has 3 aromatic rings. The Balaban J connectivity index is 1.91. The molecule has 2 unspecified atom stereocenters. The van der Waals surface area contributed by atoms with Crippen LogP contribution in [0.3, 0.4) is 0 Å². The van der Waals surface area contributed by atoms with Crippen LogP contribution in [0.5, 0.6) is 0 Å². The topological polar surface area (TPSA) is 18.5 Å². The first kappa shape index (κ1) is 14.4. The van der Waals surface area contributed by atoms with E-state index in [1.165, 1.54) is 5.39 Å². The predicted molar refractivity (Wildman–Crippen MR) is 91.1 cm³/mol. The van der Waals surface area contributed by atoms with Gasteiger partial charge in [0, 0.05) is 11.1 Å². The van der Waals surface area contributed by atoms with Gasteiger partial charge in [-0.2, -0.15) is 0 Å². The van der Waals surface area contributed by atoms with E-state index in [2.05, 4.69) is 44.2 Å². The molecule has 2 atom stereocenters. The summed E-state index contributed by atoms with van der Waals surface area (Å²) in [4.78, 5) is 0. The lowest BCUT2D eigenvalue weighted by Gasteiger charge is -2.29. The van der Waals surface area contributed by atoms with Gasteiger partial charge in [-0.15, -0.1) is 0 Å². The Bertz CT molecular complexity index is 815. The molecule has 23 heavy (non-hydrogen) atoms. The minimum atomic E-state index is -0.885. The van der Waals surface area contributed by atoms with E-state index < -0.39 is 5.79 Å². The van der Waals surface area contributed by atoms with E-state index in [0.717, 1.165) is 16.5 Å². The van der Waals surface area contributed by atoms with Crippen LogP contribution in [0.25, 0.3) is 10.8 Å². The minimum absolute atomic E-state index is 0.0232. The Morgan fingerprint density at radius 2 is 1.43 bits per heavy atom. The fourth-order valence-electron chi connectivity index (χ4n) is 3.13. The average molecular weight is 303 g/mol. The third kappa shape index (κ3) is 2.35. The largest absolute Gasteiger partial charge is 0.336 e. The number of benzene rings is 3. The van der Waals surface area contributed by atoms with Gasteiger partial charge in [0.25, 0.3) is 0 Å². The van der Waals surface area contributed by atoms with E-state index in [0.29, 0.717) is 0 Å². The summed E-state index contributed by atoms with van der Waals surface area (Å²) in [6.07, 6.45) is 0.0464. The molecule has 2 heteroatoms. The second kappa shape index (κ2) is 5.48. The molecule has 115 valence electrons. The predicted octanol–water partition coefficient (Wildman–Crippen LogP) is 4.66. The van der Waals surface area contributed by atoms with Gasteiger partial charge in [-0.05, 0) is 30.7 Å². The average Bonchev–Trinajstić information content (AvgIpc) is 2.91. The van der Waals surface area contributed by atoms with Gasteiger partial charge in [-0.25, -0.2) is 0 Å². The highest BCUT2D eigenvalue weighted by atomic mass is 16.8. The van der Waals surface area contributed by atoms with Gasteiger partial charge in [0.2, 0.25) is 5.79 Å². The second-order valence-corrected chi connectivity index (χ2v) is 6.09. The summed E-state index contributed by atoms with van der Waals surface area (Å²) in [5, 5.41) is 2.23. The molecule has 1 fully saturated rings. The van der Waals surface area contributed by atoms with Crippen molar-refractivity contribution < 1.29 is 9.47 Å². The minimum Gasteiger partial charge on any atom is -0.336 e. The van der Waals surface area contributed by atoms with E-state index in [1.807, 2.05) is 42.5 Å².